The molecule has 0 saturated heterocycles. The summed E-state index contributed by atoms with van der Waals surface area (Å²) in [4.78, 5) is 14.2. The normalized spacial score (nSPS) is 18.5. The summed E-state index contributed by atoms with van der Waals surface area (Å²) in [6.07, 6.45) is 8.51. The summed E-state index contributed by atoms with van der Waals surface area (Å²) in [5.74, 6) is 0.854. The van der Waals surface area contributed by atoms with Crippen molar-refractivity contribution >= 4 is 17.1 Å². The molecule has 0 aliphatic heterocycles. The van der Waals surface area contributed by atoms with Crippen LogP contribution in [0.5, 0.6) is 0 Å². The summed E-state index contributed by atoms with van der Waals surface area (Å²) < 4.78 is 5.72. The number of rotatable bonds is 10. The second-order valence-corrected chi connectivity index (χ2v) is 8.50. The topological polar surface area (TPSA) is 72.5 Å². The highest BCUT2D eigenvalue weighted by molar-refractivity contribution is 7.14. The van der Waals surface area contributed by atoms with Crippen molar-refractivity contribution in [2.24, 2.45) is 11.7 Å². The van der Waals surface area contributed by atoms with Crippen LogP contribution in [0.3, 0.4) is 0 Å². The predicted molar refractivity (Wildman–Crippen MR) is 98.7 cm³/mol. The van der Waals surface area contributed by atoms with Gasteiger partial charge in [-0.2, -0.15) is 0 Å². The lowest BCUT2D eigenvalue weighted by molar-refractivity contribution is 0.0728. The molecule has 136 valence electrons. The third-order valence-corrected chi connectivity index (χ3v) is 5.98. The van der Waals surface area contributed by atoms with Crippen LogP contribution in [0.1, 0.15) is 66.4 Å². The minimum Gasteiger partial charge on any atom is -0.394 e. The first-order chi connectivity index (χ1) is 11.5. The first-order valence-electron chi connectivity index (χ1n) is 9.09. The van der Waals surface area contributed by atoms with Crippen LogP contribution >= 0.6 is 11.3 Å². The third-order valence-electron chi connectivity index (χ3n) is 4.79. The Labute approximate surface area is 149 Å². The number of hydrogen-bond acceptors (Lipinski definition) is 5. The van der Waals surface area contributed by atoms with Crippen LogP contribution in [-0.4, -0.2) is 36.2 Å². The largest absolute Gasteiger partial charge is 0.394 e. The van der Waals surface area contributed by atoms with Gasteiger partial charge in [0.05, 0.1) is 18.1 Å². The van der Waals surface area contributed by atoms with Gasteiger partial charge < -0.3 is 15.6 Å². The van der Waals surface area contributed by atoms with Crippen LogP contribution in [0.4, 0.5) is 0 Å². The van der Waals surface area contributed by atoms with Gasteiger partial charge in [-0.3, -0.25) is 4.79 Å². The van der Waals surface area contributed by atoms with Gasteiger partial charge in [0.2, 0.25) is 0 Å². The zero-order valence-corrected chi connectivity index (χ0v) is 15.6. The molecule has 24 heavy (non-hydrogen) atoms. The van der Waals surface area contributed by atoms with E-state index in [-0.39, 0.29) is 12.4 Å². The van der Waals surface area contributed by atoms with Gasteiger partial charge in [0, 0.05) is 23.4 Å². The Morgan fingerprint density at radius 3 is 2.83 bits per heavy atom. The van der Waals surface area contributed by atoms with Gasteiger partial charge in [-0.05, 0) is 50.7 Å². The Morgan fingerprint density at radius 1 is 1.38 bits per heavy atom. The van der Waals surface area contributed by atoms with Crippen molar-refractivity contribution in [1.82, 2.24) is 0 Å². The molecule has 1 unspecified atom stereocenters. The quantitative estimate of drug-likeness (QED) is 0.498. The lowest BCUT2D eigenvalue weighted by atomic mass is 9.90. The number of aryl methyl sites for hydroxylation is 1. The second-order valence-electron chi connectivity index (χ2n) is 7.33. The van der Waals surface area contributed by atoms with E-state index in [9.17, 15) is 9.90 Å². The van der Waals surface area contributed by atoms with E-state index in [2.05, 4.69) is 0 Å². The molecule has 1 aliphatic carbocycles. The number of thiophene rings is 1. The maximum Gasteiger partial charge on any atom is 0.175 e. The summed E-state index contributed by atoms with van der Waals surface area (Å²) in [5, 5.41) is 9.19. The SMILES string of the molecule is CC(N)(CO)CCc1ccc(C(=O)CCOCC2CCCCC2)s1. The second kappa shape index (κ2) is 9.66. The van der Waals surface area contributed by atoms with Crippen molar-refractivity contribution in [3.8, 4) is 0 Å². The Kier molecular flexibility index (Phi) is 7.88. The van der Waals surface area contributed by atoms with E-state index >= 15 is 0 Å². The number of carbonyl (C=O) groups excluding carboxylic acids is 1. The van der Waals surface area contributed by atoms with Gasteiger partial charge in [-0.25, -0.2) is 0 Å². The molecule has 3 N–H and O–H groups in total. The predicted octanol–water partition coefficient (Wildman–Crippen LogP) is 3.56. The maximum absolute atomic E-state index is 12.2. The standard InChI is InChI=1S/C19H31NO3S/c1-19(20,14-21)11-9-16-7-8-18(24-16)17(22)10-12-23-13-15-5-3-2-4-6-15/h7-8,15,21H,2-6,9-14,20H2,1H3. The van der Waals surface area contributed by atoms with Gasteiger partial charge in [0.1, 0.15) is 0 Å². The molecule has 1 heterocycles. The highest BCUT2D eigenvalue weighted by Gasteiger charge is 2.18. The van der Waals surface area contributed by atoms with Gasteiger partial charge in [-0.1, -0.05) is 19.3 Å². The number of aliphatic hydroxyl groups excluding tert-OH is 1. The third kappa shape index (κ3) is 6.63. The number of aliphatic hydroxyl groups is 1. The number of hydrogen-bond donors (Lipinski definition) is 2. The smallest absolute Gasteiger partial charge is 0.175 e. The van der Waals surface area contributed by atoms with Crippen molar-refractivity contribution < 1.29 is 14.6 Å². The minimum absolute atomic E-state index is 0.0253. The fourth-order valence-corrected chi connectivity index (χ4v) is 4.02. The highest BCUT2D eigenvalue weighted by Crippen LogP contribution is 2.24. The van der Waals surface area contributed by atoms with Crippen LogP contribution in [0, 0.1) is 5.92 Å². The van der Waals surface area contributed by atoms with E-state index < -0.39 is 5.54 Å². The molecule has 4 nitrogen and oxygen atoms in total. The van der Waals surface area contributed by atoms with E-state index in [0.717, 1.165) is 22.8 Å². The number of ether oxygens (including phenoxy) is 1. The fraction of sp³-hybridized carbons (Fsp3) is 0.737. The number of ketones is 1. The van der Waals surface area contributed by atoms with Crippen LogP contribution in [-0.2, 0) is 11.2 Å². The summed E-state index contributed by atoms with van der Waals surface area (Å²) in [7, 11) is 0. The zero-order valence-electron chi connectivity index (χ0n) is 14.8. The Hall–Kier alpha value is -0.750. The first kappa shape index (κ1) is 19.6. The van der Waals surface area contributed by atoms with E-state index in [1.807, 2.05) is 19.1 Å². The van der Waals surface area contributed by atoms with Gasteiger partial charge in [0.25, 0.3) is 0 Å². The zero-order chi connectivity index (χ0) is 17.4. The lowest BCUT2D eigenvalue weighted by Crippen LogP contribution is -2.40. The van der Waals surface area contributed by atoms with Crippen LogP contribution in [0.2, 0.25) is 0 Å². The molecule has 0 spiro atoms. The molecule has 5 heteroatoms. The lowest BCUT2D eigenvalue weighted by Gasteiger charge is -2.21. The van der Waals surface area contributed by atoms with Crippen molar-refractivity contribution in [3.63, 3.8) is 0 Å². The molecule has 2 rings (SSSR count). The molecule has 0 bridgehead atoms. The number of carbonyl (C=O) groups is 1. The molecule has 1 aromatic heterocycles. The van der Waals surface area contributed by atoms with Crippen molar-refractivity contribution in [1.29, 1.82) is 0 Å². The average Bonchev–Trinajstić information content (AvgIpc) is 3.07. The van der Waals surface area contributed by atoms with E-state index in [0.29, 0.717) is 25.4 Å². The monoisotopic (exact) mass is 353 g/mol. The Bertz CT molecular complexity index is 506. The summed E-state index contributed by atoms with van der Waals surface area (Å²) in [5.41, 5.74) is 5.39. The summed E-state index contributed by atoms with van der Waals surface area (Å²) in [6.45, 7) is 3.14. The highest BCUT2D eigenvalue weighted by atomic mass is 32.1. The van der Waals surface area contributed by atoms with Gasteiger partial charge in [-0.15, -0.1) is 11.3 Å². The first-order valence-corrected chi connectivity index (χ1v) is 9.91. The average molecular weight is 354 g/mol. The molecular weight excluding hydrogens is 322 g/mol. The van der Waals surface area contributed by atoms with Crippen LogP contribution < -0.4 is 5.73 Å². The van der Waals surface area contributed by atoms with Gasteiger partial charge >= 0.3 is 0 Å². The molecule has 0 aromatic carbocycles. The van der Waals surface area contributed by atoms with Crippen LogP contribution in [0.15, 0.2) is 12.1 Å². The summed E-state index contributed by atoms with van der Waals surface area (Å²) >= 11 is 1.54. The van der Waals surface area contributed by atoms with E-state index in [1.165, 1.54) is 43.4 Å². The van der Waals surface area contributed by atoms with Crippen molar-refractivity contribution in [2.75, 3.05) is 19.8 Å². The van der Waals surface area contributed by atoms with Crippen molar-refractivity contribution in [2.45, 2.75) is 63.8 Å². The molecule has 1 aromatic rings. The number of nitrogens with two attached hydrogens (primary N) is 1. The molecule has 1 atom stereocenters. The van der Waals surface area contributed by atoms with E-state index in [1.54, 1.807) is 0 Å². The summed E-state index contributed by atoms with van der Waals surface area (Å²) in [6, 6.07) is 3.89. The van der Waals surface area contributed by atoms with Crippen molar-refractivity contribution in [3.05, 3.63) is 21.9 Å². The Morgan fingerprint density at radius 2 is 2.12 bits per heavy atom. The molecule has 1 aliphatic rings. The molecule has 0 amide bonds. The van der Waals surface area contributed by atoms with E-state index in [4.69, 9.17) is 10.5 Å². The molecule has 0 radical (unpaired) electrons. The Balaban J connectivity index is 1.67. The van der Waals surface area contributed by atoms with Gasteiger partial charge in [0.15, 0.2) is 5.78 Å². The van der Waals surface area contributed by atoms with Crippen LogP contribution in [0.25, 0.3) is 0 Å². The molecular formula is C19H31NO3S. The molecule has 1 fully saturated rings. The fourth-order valence-electron chi connectivity index (χ4n) is 3.04. The maximum atomic E-state index is 12.2. The number of Topliss-reactive ketones (excluding diaryl/α,β-unsaturated/α-hetero) is 1. The minimum atomic E-state index is -0.554. The molecule has 1 saturated carbocycles.